The van der Waals surface area contributed by atoms with Crippen LogP contribution in [0.5, 0.6) is 0 Å². The first-order valence-corrected chi connectivity index (χ1v) is 5.70. The number of aromatic amines is 1. The van der Waals surface area contributed by atoms with E-state index in [9.17, 15) is 18.0 Å². The van der Waals surface area contributed by atoms with Gasteiger partial charge in [-0.15, -0.1) is 0 Å². The number of benzene rings is 1. The number of halogens is 3. The van der Waals surface area contributed by atoms with Gasteiger partial charge in [0.2, 0.25) is 0 Å². The van der Waals surface area contributed by atoms with Crippen LogP contribution in [0, 0.1) is 0 Å². The lowest BCUT2D eigenvalue weighted by Crippen LogP contribution is -2.19. The summed E-state index contributed by atoms with van der Waals surface area (Å²) in [5, 5.41) is 2.73. The molecule has 7 heteroatoms. The molecule has 0 saturated heterocycles. The maximum Gasteiger partial charge on any atom is 0.433 e. The second-order valence-electron chi connectivity index (χ2n) is 4.21. The highest BCUT2D eigenvalue weighted by Gasteiger charge is 2.33. The number of rotatable bonds is 1. The zero-order chi connectivity index (χ0) is 14.3. The van der Waals surface area contributed by atoms with Gasteiger partial charge in [-0.3, -0.25) is 9.89 Å². The van der Waals surface area contributed by atoms with Gasteiger partial charge in [-0.05, 0) is 5.56 Å². The Kier molecular flexibility index (Phi) is 2.63. The van der Waals surface area contributed by atoms with E-state index < -0.39 is 17.4 Å². The van der Waals surface area contributed by atoms with Gasteiger partial charge in [0.15, 0.2) is 11.3 Å². The van der Waals surface area contributed by atoms with E-state index in [0.717, 1.165) is 10.1 Å². The molecule has 3 aromatic rings. The van der Waals surface area contributed by atoms with Crippen LogP contribution < -0.4 is 5.56 Å². The Morgan fingerprint density at radius 1 is 1.10 bits per heavy atom. The molecular formula is C13H8F3N3O. The summed E-state index contributed by atoms with van der Waals surface area (Å²) < 4.78 is 38.8. The summed E-state index contributed by atoms with van der Waals surface area (Å²) in [6, 6.07) is 10.8. The van der Waals surface area contributed by atoms with Gasteiger partial charge in [0.05, 0.1) is 5.69 Å². The topological polar surface area (TPSA) is 50.2 Å². The van der Waals surface area contributed by atoms with E-state index in [1.165, 1.54) is 6.07 Å². The maximum atomic E-state index is 12.6. The summed E-state index contributed by atoms with van der Waals surface area (Å²) in [5.41, 5.74) is -0.783. The van der Waals surface area contributed by atoms with Crippen LogP contribution in [0.4, 0.5) is 13.2 Å². The average molecular weight is 279 g/mol. The SMILES string of the molecule is O=c1cc(C(F)(F)F)nc2cc(-c3ccccc3)[nH]n12. The number of alkyl halides is 3. The Balaban J connectivity index is 2.22. The largest absolute Gasteiger partial charge is 0.433 e. The van der Waals surface area contributed by atoms with Gasteiger partial charge in [-0.2, -0.15) is 13.2 Å². The van der Waals surface area contributed by atoms with E-state index in [1.54, 1.807) is 24.3 Å². The van der Waals surface area contributed by atoms with Crippen molar-refractivity contribution in [1.29, 1.82) is 0 Å². The fourth-order valence-electron chi connectivity index (χ4n) is 1.90. The molecule has 20 heavy (non-hydrogen) atoms. The van der Waals surface area contributed by atoms with Crippen LogP contribution in [0.25, 0.3) is 16.9 Å². The summed E-state index contributed by atoms with van der Waals surface area (Å²) in [6.45, 7) is 0. The van der Waals surface area contributed by atoms with E-state index in [0.29, 0.717) is 11.8 Å². The minimum atomic E-state index is -4.64. The van der Waals surface area contributed by atoms with E-state index in [1.807, 2.05) is 6.07 Å². The minimum absolute atomic E-state index is 0.0660. The van der Waals surface area contributed by atoms with Crippen molar-refractivity contribution in [1.82, 2.24) is 14.6 Å². The van der Waals surface area contributed by atoms with E-state index >= 15 is 0 Å². The summed E-state index contributed by atoms with van der Waals surface area (Å²) in [6.07, 6.45) is -4.64. The molecule has 0 aliphatic rings. The van der Waals surface area contributed by atoms with Crippen molar-refractivity contribution in [2.24, 2.45) is 0 Å². The van der Waals surface area contributed by atoms with Crippen LogP contribution in [-0.2, 0) is 6.18 Å². The highest BCUT2D eigenvalue weighted by atomic mass is 19.4. The maximum absolute atomic E-state index is 12.6. The fraction of sp³-hybridized carbons (Fsp3) is 0.0769. The summed E-state index contributed by atoms with van der Waals surface area (Å²) in [4.78, 5) is 15.1. The number of hydrogen-bond acceptors (Lipinski definition) is 2. The van der Waals surface area contributed by atoms with Gasteiger partial charge in [-0.25, -0.2) is 9.50 Å². The Hall–Kier alpha value is -2.57. The number of aromatic nitrogens is 3. The molecule has 0 aliphatic carbocycles. The first kappa shape index (κ1) is 12.5. The van der Waals surface area contributed by atoms with Crippen LogP contribution in [0.1, 0.15) is 5.69 Å². The summed E-state index contributed by atoms with van der Waals surface area (Å²) in [7, 11) is 0. The molecule has 0 unspecified atom stereocenters. The molecule has 0 fully saturated rings. The van der Waals surface area contributed by atoms with Crippen molar-refractivity contribution in [3.05, 3.63) is 58.5 Å². The standard InChI is InChI=1S/C13H8F3N3O/c14-13(15,16)10-7-12(20)19-11(17-10)6-9(18-19)8-4-2-1-3-5-8/h1-7,18H. The number of nitrogens with one attached hydrogen (secondary N) is 1. The summed E-state index contributed by atoms with van der Waals surface area (Å²) in [5.74, 6) is 0. The molecule has 1 aromatic carbocycles. The highest BCUT2D eigenvalue weighted by Crippen LogP contribution is 2.27. The Morgan fingerprint density at radius 2 is 1.80 bits per heavy atom. The number of fused-ring (bicyclic) bond motifs is 1. The molecule has 3 rings (SSSR count). The number of nitrogens with zero attached hydrogens (tertiary/aromatic N) is 2. The molecule has 0 saturated carbocycles. The van der Waals surface area contributed by atoms with Crippen LogP contribution in [0.3, 0.4) is 0 Å². The first-order chi connectivity index (χ1) is 9.45. The van der Waals surface area contributed by atoms with Crippen molar-refractivity contribution in [2.45, 2.75) is 6.18 Å². The van der Waals surface area contributed by atoms with E-state index in [2.05, 4.69) is 10.1 Å². The molecule has 2 heterocycles. The van der Waals surface area contributed by atoms with Crippen LogP contribution in [-0.4, -0.2) is 14.6 Å². The molecule has 0 atom stereocenters. The zero-order valence-corrected chi connectivity index (χ0v) is 9.98. The van der Waals surface area contributed by atoms with E-state index in [4.69, 9.17) is 0 Å². The lowest BCUT2D eigenvalue weighted by molar-refractivity contribution is -0.141. The molecule has 4 nitrogen and oxygen atoms in total. The predicted molar refractivity (Wildman–Crippen MR) is 66.3 cm³/mol. The molecule has 2 aromatic heterocycles. The smallest absolute Gasteiger partial charge is 0.289 e. The molecule has 0 bridgehead atoms. The van der Waals surface area contributed by atoms with Crippen LogP contribution in [0.2, 0.25) is 0 Å². The second kappa shape index (κ2) is 4.22. The average Bonchev–Trinajstić information content (AvgIpc) is 2.83. The minimum Gasteiger partial charge on any atom is -0.289 e. The van der Waals surface area contributed by atoms with Gasteiger partial charge in [0.25, 0.3) is 5.56 Å². The van der Waals surface area contributed by atoms with Crippen molar-refractivity contribution >= 4 is 5.65 Å². The molecule has 102 valence electrons. The van der Waals surface area contributed by atoms with Gasteiger partial charge >= 0.3 is 6.18 Å². The first-order valence-electron chi connectivity index (χ1n) is 5.70. The third-order valence-electron chi connectivity index (χ3n) is 2.83. The Labute approximate surface area is 110 Å². The highest BCUT2D eigenvalue weighted by molar-refractivity contribution is 5.63. The normalized spacial score (nSPS) is 11.9. The van der Waals surface area contributed by atoms with Crippen molar-refractivity contribution in [2.75, 3.05) is 0 Å². The number of H-pyrrole nitrogens is 1. The zero-order valence-electron chi connectivity index (χ0n) is 9.98. The van der Waals surface area contributed by atoms with Crippen LogP contribution in [0.15, 0.2) is 47.3 Å². The Morgan fingerprint density at radius 3 is 2.45 bits per heavy atom. The molecular weight excluding hydrogens is 271 g/mol. The van der Waals surface area contributed by atoms with E-state index in [-0.39, 0.29) is 5.65 Å². The monoisotopic (exact) mass is 279 g/mol. The van der Waals surface area contributed by atoms with Crippen LogP contribution >= 0.6 is 0 Å². The molecule has 1 N–H and O–H groups in total. The lowest BCUT2D eigenvalue weighted by Gasteiger charge is -2.04. The van der Waals surface area contributed by atoms with Gasteiger partial charge < -0.3 is 0 Å². The van der Waals surface area contributed by atoms with Crippen molar-refractivity contribution in [3.8, 4) is 11.3 Å². The molecule has 0 radical (unpaired) electrons. The quantitative estimate of drug-likeness (QED) is 0.744. The van der Waals surface area contributed by atoms with Gasteiger partial charge in [-0.1, -0.05) is 30.3 Å². The van der Waals surface area contributed by atoms with Crippen molar-refractivity contribution in [3.63, 3.8) is 0 Å². The summed E-state index contributed by atoms with van der Waals surface area (Å²) >= 11 is 0. The predicted octanol–water partition coefficient (Wildman–Crippen LogP) is 2.71. The third-order valence-corrected chi connectivity index (χ3v) is 2.83. The van der Waals surface area contributed by atoms with Gasteiger partial charge in [0, 0.05) is 12.1 Å². The Bertz CT molecular complexity index is 818. The van der Waals surface area contributed by atoms with Gasteiger partial charge in [0.1, 0.15) is 0 Å². The third kappa shape index (κ3) is 2.07. The molecule has 0 aliphatic heterocycles. The molecule has 0 spiro atoms. The van der Waals surface area contributed by atoms with Crippen molar-refractivity contribution < 1.29 is 13.2 Å². The molecule has 0 amide bonds. The second-order valence-corrected chi connectivity index (χ2v) is 4.21. The number of hydrogen-bond donors (Lipinski definition) is 1. The fourth-order valence-corrected chi connectivity index (χ4v) is 1.90. The lowest BCUT2D eigenvalue weighted by atomic mass is 10.2.